The minimum Gasteiger partial charge on any atom is -0.492 e. The first kappa shape index (κ1) is 8.58. The van der Waals surface area contributed by atoms with Gasteiger partial charge in [-0.15, -0.1) is 0 Å². The fourth-order valence-corrected chi connectivity index (χ4v) is 0.800. The maximum absolute atomic E-state index is 11.0. The van der Waals surface area contributed by atoms with E-state index in [0.29, 0.717) is 6.54 Å². The van der Waals surface area contributed by atoms with Crippen LogP contribution < -0.4 is 10.9 Å². The number of nitrogens with zero attached hydrogens (tertiary/aromatic N) is 1. The number of aromatic hydroxyl groups is 1. The van der Waals surface area contributed by atoms with E-state index in [-0.39, 0.29) is 17.1 Å². The molecule has 0 amide bonds. The van der Waals surface area contributed by atoms with Crippen molar-refractivity contribution in [2.24, 2.45) is 0 Å². The van der Waals surface area contributed by atoms with Crippen LogP contribution in [-0.4, -0.2) is 21.6 Å². The largest absolute Gasteiger partial charge is 0.492 e. The molecule has 0 saturated heterocycles. The van der Waals surface area contributed by atoms with Crippen LogP contribution in [0.25, 0.3) is 0 Å². The van der Waals surface area contributed by atoms with Crippen molar-refractivity contribution < 1.29 is 5.11 Å². The van der Waals surface area contributed by atoms with E-state index in [2.05, 4.69) is 15.3 Å². The van der Waals surface area contributed by atoms with Gasteiger partial charge in [0.2, 0.25) is 5.88 Å². The molecule has 3 N–H and O–H groups in total. The molecule has 1 aromatic heterocycles. The molecular weight excluding hydrogens is 158 g/mol. The number of hydrogen-bond acceptors (Lipinski definition) is 4. The summed E-state index contributed by atoms with van der Waals surface area (Å²) in [6.45, 7) is 2.61. The second-order valence-corrected chi connectivity index (χ2v) is 2.36. The molecule has 0 aromatic carbocycles. The normalized spacial score (nSPS) is 9.75. The highest BCUT2D eigenvalue weighted by molar-refractivity contribution is 5.48. The van der Waals surface area contributed by atoms with E-state index in [1.54, 1.807) is 0 Å². The molecular formula is C7H11N3O2. The minimum absolute atomic E-state index is 0.138. The van der Waals surface area contributed by atoms with Gasteiger partial charge in [-0.05, 0) is 6.42 Å². The molecule has 1 aromatic rings. The Morgan fingerprint density at radius 1 is 1.75 bits per heavy atom. The lowest BCUT2D eigenvalue weighted by Gasteiger charge is -2.03. The molecule has 0 bridgehead atoms. The molecule has 0 spiro atoms. The molecule has 5 heteroatoms. The van der Waals surface area contributed by atoms with Gasteiger partial charge in [-0.1, -0.05) is 6.92 Å². The van der Waals surface area contributed by atoms with E-state index >= 15 is 0 Å². The van der Waals surface area contributed by atoms with Gasteiger partial charge in [0.1, 0.15) is 0 Å². The highest BCUT2D eigenvalue weighted by Crippen LogP contribution is 2.11. The van der Waals surface area contributed by atoms with Crippen LogP contribution in [0.4, 0.5) is 5.69 Å². The van der Waals surface area contributed by atoms with Gasteiger partial charge < -0.3 is 15.4 Å². The summed E-state index contributed by atoms with van der Waals surface area (Å²) in [5, 5.41) is 11.9. The van der Waals surface area contributed by atoms with Crippen LogP contribution in [-0.2, 0) is 0 Å². The van der Waals surface area contributed by atoms with Crippen LogP contribution in [0.1, 0.15) is 13.3 Å². The van der Waals surface area contributed by atoms with Gasteiger partial charge in [0.25, 0.3) is 5.56 Å². The molecule has 0 radical (unpaired) electrons. The number of hydrogen-bond donors (Lipinski definition) is 3. The van der Waals surface area contributed by atoms with Gasteiger partial charge in [-0.2, -0.15) is 0 Å². The van der Waals surface area contributed by atoms with Crippen LogP contribution in [0.5, 0.6) is 5.88 Å². The highest BCUT2D eigenvalue weighted by Gasteiger charge is 2.04. The maximum Gasteiger partial charge on any atom is 0.278 e. The van der Waals surface area contributed by atoms with Crippen LogP contribution in [0, 0.1) is 0 Å². The van der Waals surface area contributed by atoms with Crippen molar-refractivity contribution >= 4 is 5.69 Å². The second-order valence-electron chi connectivity index (χ2n) is 2.36. The average molecular weight is 169 g/mol. The fraction of sp³-hybridized carbons (Fsp3) is 0.429. The van der Waals surface area contributed by atoms with E-state index in [0.717, 1.165) is 12.7 Å². The quantitative estimate of drug-likeness (QED) is 0.608. The summed E-state index contributed by atoms with van der Waals surface area (Å²) in [7, 11) is 0. The molecule has 0 aliphatic rings. The zero-order chi connectivity index (χ0) is 8.97. The third-order valence-electron chi connectivity index (χ3n) is 1.38. The van der Waals surface area contributed by atoms with Crippen LogP contribution in [0.2, 0.25) is 0 Å². The first-order valence-corrected chi connectivity index (χ1v) is 3.76. The summed E-state index contributed by atoms with van der Waals surface area (Å²) in [5.41, 5.74) is -0.213. The Balaban J connectivity index is 2.89. The summed E-state index contributed by atoms with van der Waals surface area (Å²) in [6, 6.07) is 0. The van der Waals surface area contributed by atoms with E-state index in [9.17, 15) is 4.79 Å². The van der Waals surface area contributed by atoms with E-state index in [1.165, 1.54) is 0 Å². The van der Waals surface area contributed by atoms with Gasteiger partial charge in [0.15, 0.2) is 5.69 Å². The smallest absolute Gasteiger partial charge is 0.278 e. The molecule has 0 aliphatic heterocycles. The molecule has 0 aliphatic carbocycles. The summed E-state index contributed by atoms with van der Waals surface area (Å²) >= 11 is 0. The molecule has 5 nitrogen and oxygen atoms in total. The zero-order valence-corrected chi connectivity index (χ0v) is 6.79. The monoisotopic (exact) mass is 169 g/mol. The predicted octanol–water partition coefficient (Wildman–Crippen LogP) is 0.297. The van der Waals surface area contributed by atoms with Gasteiger partial charge >= 0.3 is 0 Å². The molecule has 0 saturated carbocycles. The lowest BCUT2D eigenvalue weighted by Crippen LogP contribution is -2.14. The lowest BCUT2D eigenvalue weighted by atomic mass is 10.4. The fourth-order valence-electron chi connectivity index (χ4n) is 0.800. The standard InChI is InChI=1S/C7H11N3O2/c1-2-3-8-5-6(11)9-4-10-7(5)12/h4,8H,2-3H2,1H3,(H2,9,10,11,12). The van der Waals surface area contributed by atoms with Gasteiger partial charge in [0, 0.05) is 6.54 Å². The molecule has 0 fully saturated rings. The van der Waals surface area contributed by atoms with Crippen molar-refractivity contribution in [3.05, 3.63) is 16.7 Å². The molecule has 0 unspecified atom stereocenters. The summed E-state index contributed by atoms with van der Waals surface area (Å²) in [4.78, 5) is 16.9. The first-order chi connectivity index (χ1) is 5.75. The Morgan fingerprint density at radius 3 is 3.08 bits per heavy atom. The van der Waals surface area contributed by atoms with Crippen molar-refractivity contribution in [1.82, 2.24) is 9.97 Å². The zero-order valence-electron chi connectivity index (χ0n) is 6.79. The lowest BCUT2D eigenvalue weighted by molar-refractivity contribution is 0.453. The number of rotatable bonds is 3. The number of aromatic nitrogens is 2. The van der Waals surface area contributed by atoms with Gasteiger partial charge in [-0.25, -0.2) is 4.98 Å². The third-order valence-corrected chi connectivity index (χ3v) is 1.38. The Labute approximate surface area is 69.5 Å². The highest BCUT2D eigenvalue weighted by atomic mass is 16.3. The van der Waals surface area contributed by atoms with Crippen molar-refractivity contribution in [3.63, 3.8) is 0 Å². The predicted molar refractivity (Wildman–Crippen MR) is 45.3 cm³/mol. The molecule has 66 valence electrons. The first-order valence-electron chi connectivity index (χ1n) is 3.76. The van der Waals surface area contributed by atoms with Crippen molar-refractivity contribution in [2.75, 3.05) is 11.9 Å². The van der Waals surface area contributed by atoms with Gasteiger partial charge in [0.05, 0.1) is 6.33 Å². The van der Waals surface area contributed by atoms with E-state index < -0.39 is 0 Å². The second kappa shape index (κ2) is 3.75. The Hall–Kier alpha value is -1.52. The maximum atomic E-state index is 11.0. The van der Waals surface area contributed by atoms with Crippen LogP contribution >= 0.6 is 0 Å². The SMILES string of the molecule is CCCNc1c(O)nc[nH]c1=O. The third kappa shape index (κ3) is 1.75. The number of anilines is 1. The average Bonchev–Trinajstić information content (AvgIpc) is 2.04. The van der Waals surface area contributed by atoms with Gasteiger partial charge in [-0.3, -0.25) is 4.79 Å². The van der Waals surface area contributed by atoms with E-state index in [4.69, 9.17) is 5.11 Å². The Kier molecular flexibility index (Phi) is 2.68. The van der Waals surface area contributed by atoms with Crippen molar-refractivity contribution in [1.29, 1.82) is 0 Å². The van der Waals surface area contributed by atoms with Crippen molar-refractivity contribution in [2.45, 2.75) is 13.3 Å². The van der Waals surface area contributed by atoms with E-state index in [1.807, 2.05) is 6.92 Å². The number of aromatic amines is 1. The summed E-state index contributed by atoms with van der Waals surface area (Å²) in [6.07, 6.45) is 2.04. The minimum atomic E-state index is -0.351. The topological polar surface area (TPSA) is 78.0 Å². The Bertz CT molecular complexity index is 308. The van der Waals surface area contributed by atoms with Crippen LogP contribution in [0.3, 0.4) is 0 Å². The molecule has 1 rings (SSSR count). The summed E-state index contributed by atoms with van der Waals surface area (Å²) < 4.78 is 0. The number of H-pyrrole nitrogens is 1. The molecule has 12 heavy (non-hydrogen) atoms. The Morgan fingerprint density at radius 2 is 2.50 bits per heavy atom. The van der Waals surface area contributed by atoms with Crippen molar-refractivity contribution in [3.8, 4) is 5.88 Å². The summed E-state index contributed by atoms with van der Waals surface area (Å²) in [5.74, 6) is -0.257. The number of nitrogens with one attached hydrogen (secondary N) is 2. The molecule has 0 atom stereocenters. The molecule has 1 heterocycles. The van der Waals surface area contributed by atoms with Crippen LogP contribution in [0.15, 0.2) is 11.1 Å².